The van der Waals surface area contributed by atoms with E-state index in [0.29, 0.717) is 23.2 Å². The maximum absolute atomic E-state index is 11.6. The smallest absolute Gasteiger partial charge is 0.305 e. The lowest BCUT2D eigenvalue weighted by Crippen LogP contribution is -2.53. The zero-order valence-corrected chi connectivity index (χ0v) is 18.3. The van der Waals surface area contributed by atoms with Crippen LogP contribution in [-0.4, -0.2) is 13.1 Å². The number of fused-ring (bicyclic) bond motifs is 5. The summed E-state index contributed by atoms with van der Waals surface area (Å²) in [4.78, 5) is 11.6. The Hall–Kier alpha value is -0.530. The quantitative estimate of drug-likeness (QED) is 0.517. The molecule has 8 atom stereocenters. The summed E-state index contributed by atoms with van der Waals surface area (Å²) >= 11 is 0. The molecule has 154 valence electrons. The van der Waals surface area contributed by atoms with Crippen molar-refractivity contribution in [1.82, 2.24) is 0 Å². The highest BCUT2D eigenvalue weighted by Gasteiger charge is 2.60. The van der Waals surface area contributed by atoms with Crippen LogP contribution in [-0.2, 0) is 9.53 Å². The Morgan fingerprint density at radius 1 is 0.963 bits per heavy atom. The molecule has 27 heavy (non-hydrogen) atoms. The van der Waals surface area contributed by atoms with Crippen LogP contribution >= 0.6 is 0 Å². The molecular formula is C25H42O2. The average molecular weight is 375 g/mol. The Balaban J connectivity index is 1.49. The third kappa shape index (κ3) is 3.18. The standard InChI is InChI=1S/C25H42O2/c1-17(8-13-23(26)27-4)20-11-12-21-19-10-9-18-7-5-6-15-24(18,2)22(19)14-16-25(20,21)3/h17-22H,5-16H2,1-4H3/t17-,18+,19+,20-,21+,22+,24+,25-/m1/s1. The van der Waals surface area contributed by atoms with Crippen molar-refractivity contribution in [3.05, 3.63) is 0 Å². The molecule has 4 rings (SSSR count). The monoisotopic (exact) mass is 374 g/mol. The minimum atomic E-state index is -0.0335. The van der Waals surface area contributed by atoms with Crippen molar-refractivity contribution in [3.63, 3.8) is 0 Å². The second kappa shape index (κ2) is 7.38. The lowest BCUT2D eigenvalue weighted by Gasteiger charge is -2.61. The summed E-state index contributed by atoms with van der Waals surface area (Å²) in [6, 6.07) is 0. The molecule has 0 amide bonds. The summed E-state index contributed by atoms with van der Waals surface area (Å²) in [7, 11) is 1.52. The average Bonchev–Trinajstić information content (AvgIpc) is 3.02. The lowest BCUT2D eigenvalue weighted by atomic mass is 9.44. The summed E-state index contributed by atoms with van der Waals surface area (Å²) < 4.78 is 4.89. The highest BCUT2D eigenvalue weighted by Crippen LogP contribution is 2.68. The molecule has 0 aromatic heterocycles. The Morgan fingerprint density at radius 2 is 1.74 bits per heavy atom. The summed E-state index contributed by atoms with van der Waals surface area (Å²) in [5.74, 6) is 5.38. The first-order chi connectivity index (χ1) is 12.9. The maximum atomic E-state index is 11.6. The summed E-state index contributed by atoms with van der Waals surface area (Å²) in [6.45, 7) is 7.73. The van der Waals surface area contributed by atoms with Gasteiger partial charge in [-0.25, -0.2) is 0 Å². The number of hydrogen-bond donors (Lipinski definition) is 0. The van der Waals surface area contributed by atoms with Gasteiger partial charge in [0.1, 0.15) is 0 Å². The molecule has 0 spiro atoms. The van der Waals surface area contributed by atoms with Crippen molar-refractivity contribution in [2.75, 3.05) is 7.11 Å². The first-order valence-corrected chi connectivity index (χ1v) is 12.0. The van der Waals surface area contributed by atoms with Gasteiger partial charge in [0.25, 0.3) is 0 Å². The van der Waals surface area contributed by atoms with Gasteiger partial charge < -0.3 is 4.74 Å². The number of carbonyl (C=O) groups excluding carboxylic acids is 1. The third-order valence-electron chi connectivity index (χ3n) is 10.4. The maximum Gasteiger partial charge on any atom is 0.305 e. The van der Waals surface area contributed by atoms with Crippen molar-refractivity contribution in [3.8, 4) is 0 Å². The van der Waals surface area contributed by atoms with E-state index in [1.807, 2.05) is 0 Å². The molecule has 4 fully saturated rings. The summed E-state index contributed by atoms with van der Waals surface area (Å²) in [5.41, 5.74) is 1.17. The molecule has 0 aromatic rings. The molecule has 0 radical (unpaired) electrons. The highest BCUT2D eigenvalue weighted by molar-refractivity contribution is 5.69. The lowest BCUT2D eigenvalue weighted by molar-refractivity contribution is -0.141. The van der Waals surface area contributed by atoms with E-state index in [1.54, 1.807) is 0 Å². The molecule has 0 unspecified atom stereocenters. The van der Waals surface area contributed by atoms with E-state index in [9.17, 15) is 4.79 Å². The molecule has 4 aliphatic rings. The predicted molar refractivity (Wildman–Crippen MR) is 110 cm³/mol. The molecule has 2 heteroatoms. The van der Waals surface area contributed by atoms with Gasteiger partial charge in [-0.2, -0.15) is 0 Å². The van der Waals surface area contributed by atoms with Crippen LogP contribution in [0.2, 0.25) is 0 Å². The van der Waals surface area contributed by atoms with E-state index < -0.39 is 0 Å². The van der Waals surface area contributed by atoms with Crippen molar-refractivity contribution in [2.45, 2.75) is 97.8 Å². The van der Waals surface area contributed by atoms with Crippen molar-refractivity contribution >= 4 is 5.97 Å². The van der Waals surface area contributed by atoms with Gasteiger partial charge in [-0.05, 0) is 104 Å². The second-order valence-corrected chi connectivity index (χ2v) is 11.2. The first kappa shape index (κ1) is 19.8. The van der Waals surface area contributed by atoms with Crippen molar-refractivity contribution in [2.24, 2.45) is 46.3 Å². The molecule has 4 saturated carbocycles. The van der Waals surface area contributed by atoms with Gasteiger partial charge in [0.05, 0.1) is 7.11 Å². The minimum absolute atomic E-state index is 0.0335. The third-order valence-corrected chi connectivity index (χ3v) is 10.4. The molecule has 0 heterocycles. The van der Waals surface area contributed by atoms with Gasteiger partial charge in [0, 0.05) is 6.42 Å². The van der Waals surface area contributed by atoms with Crippen LogP contribution in [0.15, 0.2) is 0 Å². The van der Waals surface area contributed by atoms with E-state index in [1.165, 1.54) is 71.3 Å². The highest BCUT2D eigenvalue weighted by atomic mass is 16.5. The Kier molecular flexibility index (Phi) is 5.40. The molecule has 0 N–H and O–H groups in total. The SMILES string of the molecule is COC(=O)CC[C@@H](C)[C@H]1CC[C@H]2[C@@H]3CC[C@@H]4CCCC[C@]4(C)[C@H]3CC[C@]12C. The zero-order chi connectivity index (χ0) is 19.2. The molecule has 0 saturated heterocycles. The van der Waals surface area contributed by atoms with Gasteiger partial charge in [-0.1, -0.05) is 33.6 Å². The topological polar surface area (TPSA) is 26.3 Å². The van der Waals surface area contributed by atoms with Crippen LogP contribution in [0.1, 0.15) is 97.8 Å². The first-order valence-electron chi connectivity index (χ1n) is 12.0. The van der Waals surface area contributed by atoms with Crippen molar-refractivity contribution in [1.29, 1.82) is 0 Å². The predicted octanol–water partition coefficient (Wildman–Crippen LogP) is 6.62. The van der Waals surface area contributed by atoms with Gasteiger partial charge >= 0.3 is 5.97 Å². The van der Waals surface area contributed by atoms with E-state index in [2.05, 4.69) is 20.8 Å². The van der Waals surface area contributed by atoms with Crippen LogP contribution < -0.4 is 0 Å². The summed E-state index contributed by atoms with van der Waals surface area (Å²) in [5, 5.41) is 0. The number of rotatable bonds is 4. The van der Waals surface area contributed by atoms with E-state index >= 15 is 0 Å². The van der Waals surface area contributed by atoms with Crippen LogP contribution in [0.5, 0.6) is 0 Å². The number of hydrogen-bond acceptors (Lipinski definition) is 2. The molecule has 4 aliphatic carbocycles. The Morgan fingerprint density at radius 3 is 2.52 bits per heavy atom. The van der Waals surface area contributed by atoms with Crippen molar-refractivity contribution < 1.29 is 9.53 Å². The van der Waals surface area contributed by atoms with E-state index in [-0.39, 0.29) is 5.97 Å². The normalized spacial score (nSPS) is 47.5. The fourth-order valence-corrected chi connectivity index (χ4v) is 8.92. The number of ether oxygens (including phenoxy) is 1. The number of esters is 1. The van der Waals surface area contributed by atoms with Crippen LogP contribution in [0, 0.1) is 46.3 Å². The molecule has 0 bridgehead atoms. The largest absolute Gasteiger partial charge is 0.469 e. The Labute approximate surface area is 167 Å². The minimum Gasteiger partial charge on any atom is -0.469 e. The fraction of sp³-hybridized carbons (Fsp3) is 0.960. The Bertz CT molecular complexity index is 557. The number of carbonyl (C=O) groups is 1. The van der Waals surface area contributed by atoms with E-state index in [0.717, 1.165) is 36.0 Å². The zero-order valence-electron chi connectivity index (χ0n) is 18.3. The molecule has 0 aromatic carbocycles. The van der Waals surface area contributed by atoms with E-state index in [4.69, 9.17) is 4.74 Å². The number of methoxy groups -OCH3 is 1. The molecular weight excluding hydrogens is 332 g/mol. The van der Waals surface area contributed by atoms with Gasteiger partial charge in [0.15, 0.2) is 0 Å². The van der Waals surface area contributed by atoms with Crippen LogP contribution in [0.25, 0.3) is 0 Å². The fourth-order valence-electron chi connectivity index (χ4n) is 8.92. The van der Waals surface area contributed by atoms with Gasteiger partial charge in [-0.3, -0.25) is 4.79 Å². The summed E-state index contributed by atoms with van der Waals surface area (Å²) in [6.07, 6.45) is 16.4. The molecule has 2 nitrogen and oxygen atoms in total. The molecule has 0 aliphatic heterocycles. The van der Waals surface area contributed by atoms with Gasteiger partial charge in [0.2, 0.25) is 0 Å². The van der Waals surface area contributed by atoms with Crippen LogP contribution in [0.3, 0.4) is 0 Å². The van der Waals surface area contributed by atoms with Crippen LogP contribution in [0.4, 0.5) is 0 Å². The second-order valence-electron chi connectivity index (χ2n) is 11.2. The van der Waals surface area contributed by atoms with Gasteiger partial charge in [-0.15, -0.1) is 0 Å².